The van der Waals surface area contributed by atoms with Gasteiger partial charge in [-0.15, -0.1) is 3.71 Å². The second-order valence-electron chi connectivity index (χ2n) is 3.85. The zero-order valence-corrected chi connectivity index (χ0v) is 12.3. The molecule has 0 saturated carbocycles. The van der Waals surface area contributed by atoms with Crippen molar-refractivity contribution in [2.24, 2.45) is 0 Å². The van der Waals surface area contributed by atoms with Gasteiger partial charge in [-0.2, -0.15) is 16.8 Å². The number of anilines is 1. The van der Waals surface area contributed by atoms with Crippen molar-refractivity contribution in [3.05, 3.63) is 24.3 Å². The van der Waals surface area contributed by atoms with Crippen molar-refractivity contribution in [2.45, 2.75) is 19.8 Å². The van der Waals surface area contributed by atoms with E-state index in [2.05, 4.69) is 0 Å². The molecule has 0 bridgehead atoms. The molecule has 2 N–H and O–H groups in total. The molecule has 0 aromatic heterocycles. The molecule has 8 nitrogen and oxygen atoms in total. The van der Waals surface area contributed by atoms with Crippen LogP contribution in [0.2, 0.25) is 0 Å². The first-order valence-electron chi connectivity index (χ1n) is 5.64. The van der Waals surface area contributed by atoms with E-state index in [9.17, 15) is 16.8 Å². The summed E-state index contributed by atoms with van der Waals surface area (Å²) < 4.78 is 66.8. The van der Waals surface area contributed by atoms with Crippen molar-refractivity contribution in [2.75, 3.05) is 10.3 Å². The number of nitrogens with zero attached hydrogens (tertiary/aromatic N) is 1. The van der Waals surface area contributed by atoms with Gasteiger partial charge in [0.05, 0.1) is 12.3 Å². The van der Waals surface area contributed by atoms with Gasteiger partial charge >= 0.3 is 20.6 Å². The molecule has 1 rings (SSSR count). The highest BCUT2D eigenvalue weighted by atomic mass is 32.3. The normalized spacial score (nSPS) is 12.2. The van der Waals surface area contributed by atoms with E-state index in [1.165, 1.54) is 12.1 Å². The lowest BCUT2D eigenvalue weighted by Crippen LogP contribution is -2.35. The number of ether oxygens (including phenoxy) is 1. The summed E-state index contributed by atoms with van der Waals surface area (Å²) in [6.07, 6.45) is 1.66. The second-order valence-corrected chi connectivity index (χ2v) is 6.60. The zero-order chi connectivity index (χ0) is 15.4. The third kappa shape index (κ3) is 4.63. The summed E-state index contributed by atoms with van der Waals surface area (Å²) in [6, 6.07) is 5.00. The molecule has 0 spiro atoms. The quantitative estimate of drug-likeness (QED) is 0.572. The molecule has 0 heterocycles. The van der Waals surface area contributed by atoms with Gasteiger partial charge in [0.25, 0.3) is 0 Å². The first-order chi connectivity index (χ1) is 9.16. The van der Waals surface area contributed by atoms with Gasteiger partial charge in [-0.3, -0.25) is 9.11 Å². The molecule has 0 aliphatic carbocycles. The van der Waals surface area contributed by atoms with Crippen molar-refractivity contribution >= 4 is 26.3 Å². The van der Waals surface area contributed by atoms with E-state index >= 15 is 0 Å². The Morgan fingerprint density at radius 3 is 2.25 bits per heavy atom. The Morgan fingerprint density at radius 2 is 1.75 bits per heavy atom. The topological polar surface area (TPSA) is 121 Å². The summed E-state index contributed by atoms with van der Waals surface area (Å²) in [5.74, 6) is 0.216. The highest BCUT2D eigenvalue weighted by Crippen LogP contribution is 2.25. The van der Waals surface area contributed by atoms with E-state index in [1.807, 2.05) is 6.92 Å². The van der Waals surface area contributed by atoms with Gasteiger partial charge in [-0.05, 0) is 18.6 Å². The number of hydrogen-bond acceptors (Lipinski definition) is 5. The van der Waals surface area contributed by atoms with Gasteiger partial charge in [-0.1, -0.05) is 19.4 Å². The Balaban J connectivity index is 3.14. The van der Waals surface area contributed by atoms with Gasteiger partial charge in [0, 0.05) is 6.07 Å². The van der Waals surface area contributed by atoms with E-state index < -0.39 is 30.0 Å². The zero-order valence-electron chi connectivity index (χ0n) is 10.6. The van der Waals surface area contributed by atoms with Crippen molar-refractivity contribution in [3.63, 3.8) is 0 Å². The second kappa shape index (κ2) is 6.39. The van der Waals surface area contributed by atoms with Gasteiger partial charge in [0.2, 0.25) is 0 Å². The lowest BCUT2D eigenvalue weighted by molar-refractivity contribution is 0.309. The Labute approximate surface area is 117 Å². The van der Waals surface area contributed by atoms with Gasteiger partial charge in [-0.25, -0.2) is 0 Å². The van der Waals surface area contributed by atoms with E-state index in [1.54, 1.807) is 0 Å². The maximum atomic E-state index is 11.1. The lowest BCUT2D eigenvalue weighted by atomic mass is 10.3. The van der Waals surface area contributed by atoms with Crippen LogP contribution in [-0.2, 0) is 20.6 Å². The Kier molecular flexibility index (Phi) is 5.34. The van der Waals surface area contributed by atoms with Crippen molar-refractivity contribution < 1.29 is 30.7 Å². The average molecular weight is 325 g/mol. The fourth-order valence-electron chi connectivity index (χ4n) is 1.41. The van der Waals surface area contributed by atoms with Crippen LogP contribution < -0.4 is 8.45 Å². The minimum Gasteiger partial charge on any atom is -0.494 e. The van der Waals surface area contributed by atoms with Crippen LogP contribution in [-0.4, -0.2) is 32.5 Å². The van der Waals surface area contributed by atoms with Crippen molar-refractivity contribution in [3.8, 4) is 5.75 Å². The molecular formula is C10H15NO7S2. The molecule has 0 unspecified atom stereocenters. The summed E-state index contributed by atoms with van der Waals surface area (Å²) in [6.45, 7) is 2.33. The largest absolute Gasteiger partial charge is 0.494 e. The van der Waals surface area contributed by atoms with Crippen LogP contribution in [0.3, 0.4) is 0 Å². The molecule has 1 aromatic rings. The lowest BCUT2D eigenvalue weighted by Gasteiger charge is -2.17. The Hall–Kier alpha value is -1.36. The fourth-order valence-corrected chi connectivity index (χ4v) is 3.12. The Bertz CT molecular complexity index is 622. The summed E-state index contributed by atoms with van der Waals surface area (Å²) in [4.78, 5) is 0. The number of hydrogen-bond donors (Lipinski definition) is 2. The number of unbranched alkanes of at least 4 members (excludes halogenated alkanes) is 1. The molecule has 0 radical (unpaired) electrons. The molecule has 0 aliphatic rings. The molecule has 0 fully saturated rings. The summed E-state index contributed by atoms with van der Waals surface area (Å²) in [7, 11) is -10.4. The van der Waals surface area contributed by atoms with Gasteiger partial charge in [0.15, 0.2) is 0 Å². The summed E-state index contributed by atoms with van der Waals surface area (Å²) in [5, 5.41) is 0. The molecule has 0 aliphatic heterocycles. The first kappa shape index (κ1) is 16.7. The van der Waals surface area contributed by atoms with Gasteiger partial charge < -0.3 is 4.74 Å². The summed E-state index contributed by atoms with van der Waals surface area (Å²) in [5.41, 5.74) is -0.455. The number of rotatable bonds is 7. The predicted octanol–water partition coefficient (Wildman–Crippen LogP) is 1.28. The third-order valence-electron chi connectivity index (χ3n) is 2.21. The molecule has 114 valence electrons. The van der Waals surface area contributed by atoms with Crippen molar-refractivity contribution in [1.29, 1.82) is 0 Å². The maximum Gasteiger partial charge on any atom is 0.375 e. The minimum absolute atomic E-state index is 0.216. The van der Waals surface area contributed by atoms with Crippen molar-refractivity contribution in [1.82, 2.24) is 0 Å². The van der Waals surface area contributed by atoms with E-state index in [-0.39, 0.29) is 5.75 Å². The predicted molar refractivity (Wildman–Crippen MR) is 72.4 cm³/mol. The van der Waals surface area contributed by atoms with E-state index in [4.69, 9.17) is 13.8 Å². The van der Waals surface area contributed by atoms with E-state index in [0.29, 0.717) is 6.61 Å². The SMILES string of the molecule is CCCCOc1cccc(N(S(=O)(=O)O)S(=O)(=O)O)c1. The molecular weight excluding hydrogens is 310 g/mol. The van der Waals surface area contributed by atoms with Crippen LogP contribution in [0.15, 0.2) is 24.3 Å². The fraction of sp³-hybridized carbons (Fsp3) is 0.400. The molecule has 0 atom stereocenters. The first-order valence-corrected chi connectivity index (χ1v) is 8.44. The molecule has 10 heteroatoms. The highest BCUT2D eigenvalue weighted by molar-refractivity contribution is 8.05. The van der Waals surface area contributed by atoms with Crippen LogP contribution >= 0.6 is 0 Å². The third-order valence-corrected chi connectivity index (χ3v) is 4.60. The number of benzene rings is 1. The van der Waals surface area contributed by atoms with Gasteiger partial charge in [0.1, 0.15) is 5.75 Å². The standard InChI is InChI=1S/C10H15NO7S2/c1-2-3-7-18-10-6-4-5-9(8-10)11(19(12,13)14)20(15,16)17/h4-6,8H,2-3,7H2,1H3,(H,12,13,14)(H,15,16,17). The maximum absolute atomic E-state index is 11.1. The van der Waals surface area contributed by atoms with Crippen LogP contribution in [0.25, 0.3) is 0 Å². The molecule has 20 heavy (non-hydrogen) atoms. The molecule has 1 aromatic carbocycles. The Morgan fingerprint density at radius 1 is 1.15 bits per heavy atom. The smallest absolute Gasteiger partial charge is 0.375 e. The highest BCUT2D eigenvalue weighted by Gasteiger charge is 2.31. The monoisotopic (exact) mass is 325 g/mol. The van der Waals surface area contributed by atoms with Crippen LogP contribution in [0, 0.1) is 0 Å². The van der Waals surface area contributed by atoms with Crippen LogP contribution in [0.4, 0.5) is 5.69 Å². The van der Waals surface area contributed by atoms with E-state index in [0.717, 1.165) is 25.0 Å². The average Bonchev–Trinajstić information content (AvgIpc) is 2.26. The molecule has 0 saturated heterocycles. The van der Waals surface area contributed by atoms with Crippen LogP contribution in [0.5, 0.6) is 5.75 Å². The molecule has 0 amide bonds. The minimum atomic E-state index is -5.18. The summed E-state index contributed by atoms with van der Waals surface area (Å²) >= 11 is 0. The van der Waals surface area contributed by atoms with Crippen LogP contribution in [0.1, 0.15) is 19.8 Å².